The van der Waals surface area contributed by atoms with Crippen molar-refractivity contribution in [3.8, 4) is 0 Å². The lowest BCUT2D eigenvalue weighted by atomic mass is 10.0. The molecule has 0 saturated heterocycles. The fourth-order valence-electron chi connectivity index (χ4n) is 2.18. The van der Waals surface area contributed by atoms with Crippen LogP contribution in [0, 0.1) is 5.92 Å². The highest BCUT2D eigenvalue weighted by Crippen LogP contribution is 2.42. The molecule has 1 saturated carbocycles. The lowest BCUT2D eigenvalue weighted by Crippen LogP contribution is -2.06. The molecular weight excluding hydrogens is 200 g/mol. The molecule has 2 heterocycles. The molecule has 84 valence electrons. The second-order valence-electron chi connectivity index (χ2n) is 4.54. The Morgan fingerprint density at radius 3 is 3.00 bits per heavy atom. The summed E-state index contributed by atoms with van der Waals surface area (Å²) in [5, 5.41) is 7.41. The lowest BCUT2D eigenvalue weighted by Gasteiger charge is -2.12. The maximum Gasteiger partial charge on any atom is 0.157 e. The standard InChI is InChI=1S/C12H16N4/c1-8(9-3-4-9)10-7-12(13-2)16-11(15-10)5-6-14-16/h5-9,13H,3-4H2,1-2H3. The number of anilines is 1. The molecule has 4 nitrogen and oxygen atoms in total. The molecule has 0 aliphatic heterocycles. The van der Waals surface area contributed by atoms with Crippen LogP contribution in [0.4, 0.5) is 5.82 Å². The highest BCUT2D eigenvalue weighted by Gasteiger charge is 2.30. The molecular formula is C12H16N4. The fraction of sp³-hybridized carbons (Fsp3) is 0.500. The van der Waals surface area contributed by atoms with Gasteiger partial charge in [0.1, 0.15) is 5.82 Å². The van der Waals surface area contributed by atoms with Crippen LogP contribution in [0.1, 0.15) is 31.4 Å². The minimum absolute atomic E-state index is 0.562. The molecule has 1 aliphatic rings. The summed E-state index contributed by atoms with van der Waals surface area (Å²) in [6.07, 6.45) is 4.49. The van der Waals surface area contributed by atoms with Gasteiger partial charge in [0, 0.05) is 30.8 Å². The van der Waals surface area contributed by atoms with Gasteiger partial charge in [-0.1, -0.05) is 6.92 Å². The summed E-state index contributed by atoms with van der Waals surface area (Å²) in [5.41, 5.74) is 2.11. The van der Waals surface area contributed by atoms with Crippen molar-refractivity contribution >= 4 is 11.5 Å². The van der Waals surface area contributed by atoms with E-state index >= 15 is 0 Å². The molecule has 2 aromatic heterocycles. The zero-order valence-electron chi connectivity index (χ0n) is 9.64. The number of hydrogen-bond acceptors (Lipinski definition) is 3. The average Bonchev–Trinajstić information content (AvgIpc) is 3.05. The van der Waals surface area contributed by atoms with Crippen molar-refractivity contribution in [3.63, 3.8) is 0 Å². The van der Waals surface area contributed by atoms with Gasteiger partial charge in [0.05, 0.1) is 6.20 Å². The van der Waals surface area contributed by atoms with E-state index in [1.54, 1.807) is 6.20 Å². The first kappa shape index (κ1) is 9.63. The molecule has 0 amide bonds. The van der Waals surface area contributed by atoms with Crippen molar-refractivity contribution < 1.29 is 0 Å². The van der Waals surface area contributed by atoms with Crippen LogP contribution in [0.3, 0.4) is 0 Å². The van der Waals surface area contributed by atoms with Crippen LogP contribution in [0.15, 0.2) is 18.3 Å². The summed E-state index contributed by atoms with van der Waals surface area (Å²) in [5.74, 6) is 2.41. The summed E-state index contributed by atoms with van der Waals surface area (Å²) in [6.45, 7) is 2.27. The van der Waals surface area contributed by atoms with Gasteiger partial charge in [0.2, 0.25) is 0 Å². The predicted octanol–water partition coefficient (Wildman–Crippen LogP) is 2.28. The first-order valence-corrected chi connectivity index (χ1v) is 5.82. The third-order valence-corrected chi connectivity index (χ3v) is 3.43. The van der Waals surface area contributed by atoms with Crippen LogP contribution in [0.5, 0.6) is 0 Å². The van der Waals surface area contributed by atoms with Crippen molar-refractivity contribution in [3.05, 3.63) is 24.0 Å². The van der Waals surface area contributed by atoms with E-state index in [-0.39, 0.29) is 0 Å². The number of rotatable bonds is 3. The third kappa shape index (κ3) is 1.45. The highest BCUT2D eigenvalue weighted by molar-refractivity contribution is 5.49. The maximum atomic E-state index is 4.67. The van der Waals surface area contributed by atoms with Crippen molar-refractivity contribution in [1.82, 2.24) is 14.6 Å². The second kappa shape index (κ2) is 3.47. The Hall–Kier alpha value is -1.58. The van der Waals surface area contributed by atoms with Crippen LogP contribution >= 0.6 is 0 Å². The number of hydrogen-bond donors (Lipinski definition) is 1. The SMILES string of the molecule is CNc1cc(C(C)C2CC2)nc2ccnn12. The summed E-state index contributed by atoms with van der Waals surface area (Å²) >= 11 is 0. The summed E-state index contributed by atoms with van der Waals surface area (Å²) < 4.78 is 1.84. The Morgan fingerprint density at radius 2 is 2.31 bits per heavy atom. The molecule has 0 bridgehead atoms. The molecule has 0 spiro atoms. The van der Waals surface area contributed by atoms with E-state index in [0.717, 1.165) is 17.4 Å². The van der Waals surface area contributed by atoms with Crippen LogP contribution < -0.4 is 5.32 Å². The molecule has 1 fully saturated rings. The van der Waals surface area contributed by atoms with E-state index in [0.29, 0.717) is 5.92 Å². The van der Waals surface area contributed by atoms with E-state index in [9.17, 15) is 0 Å². The largest absolute Gasteiger partial charge is 0.373 e. The van der Waals surface area contributed by atoms with E-state index < -0.39 is 0 Å². The van der Waals surface area contributed by atoms with Crippen LogP contribution in [0.25, 0.3) is 5.65 Å². The van der Waals surface area contributed by atoms with Crippen LogP contribution in [-0.4, -0.2) is 21.6 Å². The number of fused-ring (bicyclic) bond motifs is 1. The van der Waals surface area contributed by atoms with Gasteiger partial charge in [-0.15, -0.1) is 0 Å². The molecule has 3 rings (SSSR count). The molecule has 1 N–H and O–H groups in total. The molecule has 16 heavy (non-hydrogen) atoms. The van der Waals surface area contributed by atoms with Gasteiger partial charge in [0.15, 0.2) is 5.65 Å². The molecule has 1 atom stereocenters. The molecule has 4 heteroatoms. The lowest BCUT2D eigenvalue weighted by molar-refractivity contribution is 0.643. The van der Waals surface area contributed by atoms with Gasteiger partial charge in [0.25, 0.3) is 0 Å². The Morgan fingerprint density at radius 1 is 1.50 bits per heavy atom. The monoisotopic (exact) mass is 216 g/mol. The van der Waals surface area contributed by atoms with E-state index in [2.05, 4.69) is 28.4 Å². The maximum absolute atomic E-state index is 4.67. The molecule has 1 aliphatic carbocycles. The van der Waals surface area contributed by atoms with Gasteiger partial charge in [-0.25, -0.2) is 4.98 Å². The van der Waals surface area contributed by atoms with Crippen molar-refractivity contribution in [1.29, 1.82) is 0 Å². The number of nitrogens with zero attached hydrogens (tertiary/aromatic N) is 3. The smallest absolute Gasteiger partial charge is 0.157 e. The molecule has 2 aromatic rings. The zero-order valence-corrected chi connectivity index (χ0v) is 9.64. The Labute approximate surface area is 94.7 Å². The minimum Gasteiger partial charge on any atom is -0.373 e. The van der Waals surface area contributed by atoms with Gasteiger partial charge >= 0.3 is 0 Å². The summed E-state index contributed by atoms with van der Waals surface area (Å²) in [7, 11) is 1.92. The van der Waals surface area contributed by atoms with Gasteiger partial charge in [-0.2, -0.15) is 9.61 Å². The second-order valence-corrected chi connectivity index (χ2v) is 4.54. The topological polar surface area (TPSA) is 42.2 Å². The first-order valence-electron chi connectivity index (χ1n) is 5.82. The van der Waals surface area contributed by atoms with Crippen LogP contribution in [0.2, 0.25) is 0 Å². The Bertz CT molecular complexity index is 513. The fourth-order valence-corrected chi connectivity index (χ4v) is 2.18. The molecule has 0 aromatic carbocycles. The van der Waals surface area contributed by atoms with Crippen molar-refractivity contribution in [2.45, 2.75) is 25.7 Å². The van der Waals surface area contributed by atoms with Crippen LogP contribution in [-0.2, 0) is 0 Å². The van der Waals surface area contributed by atoms with Crippen molar-refractivity contribution in [2.75, 3.05) is 12.4 Å². The van der Waals surface area contributed by atoms with E-state index in [1.807, 2.05) is 17.6 Å². The third-order valence-electron chi connectivity index (χ3n) is 3.43. The van der Waals surface area contributed by atoms with Gasteiger partial charge < -0.3 is 5.32 Å². The minimum atomic E-state index is 0.562. The Balaban J connectivity index is 2.10. The normalized spacial score (nSPS) is 17.6. The Kier molecular flexibility index (Phi) is 2.09. The highest BCUT2D eigenvalue weighted by atomic mass is 15.3. The van der Waals surface area contributed by atoms with E-state index in [4.69, 9.17) is 0 Å². The zero-order chi connectivity index (χ0) is 11.1. The molecule has 1 unspecified atom stereocenters. The summed E-state index contributed by atoms with van der Waals surface area (Å²) in [4.78, 5) is 4.67. The van der Waals surface area contributed by atoms with E-state index in [1.165, 1.54) is 18.5 Å². The number of nitrogens with one attached hydrogen (secondary N) is 1. The van der Waals surface area contributed by atoms with Gasteiger partial charge in [-0.3, -0.25) is 0 Å². The average molecular weight is 216 g/mol. The van der Waals surface area contributed by atoms with Crippen molar-refractivity contribution in [2.24, 2.45) is 5.92 Å². The van der Waals surface area contributed by atoms with Gasteiger partial charge in [-0.05, 0) is 18.8 Å². The first-order chi connectivity index (χ1) is 7.79. The number of aromatic nitrogens is 3. The molecule has 0 radical (unpaired) electrons. The summed E-state index contributed by atoms with van der Waals surface area (Å²) in [6, 6.07) is 4.06. The quantitative estimate of drug-likeness (QED) is 0.856. The predicted molar refractivity (Wildman–Crippen MR) is 63.7 cm³/mol.